The molecule has 0 atom stereocenters. The van der Waals surface area contributed by atoms with Gasteiger partial charge >= 0.3 is 0 Å². The van der Waals surface area contributed by atoms with E-state index >= 15 is 0 Å². The van der Waals surface area contributed by atoms with Crippen LogP contribution in [0, 0.1) is 34.6 Å². The zero-order chi connectivity index (χ0) is 18.1. The average Bonchev–Trinajstić information content (AvgIpc) is 2.58. The first kappa shape index (κ1) is 17.0. The van der Waals surface area contributed by atoms with Gasteiger partial charge < -0.3 is 4.98 Å². The number of H-pyrrole nitrogens is 1. The summed E-state index contributed by atoms with van der Waals surface area (Å²) in [5, 5.41) is 9.64. The van der Waals surface area contributed by atoms with Crippen molar-refractivity contribution in [2.45, 2.75) is 10.8 Å². The van der Waals surface area contributed by atoms with Crippen LogP contribution >= 0.6 is 11.8 Å². The lowest BCUT2D eigenvalue weighted by atomic mass is 10.1. The topological polar surface area (TPSA) is 56.6 Å². The molecule has 0 aliphatic carbocycles. The van der Waals surface area contributed by atoms with Crippen LogP contribution in [-0.4, -0.2) is 4.98 Å². The minimum atomic E-state index is -1.32. The summed E-state index contributed by atoms with van der Waals surface area (Å²) in [5.74, 6) is -4.38. The molecule has 0 unspecified atom stereocenters. The van der Waals surface area contributed by atoms with Crippen LogP contribution in [0.3, 0.4) is 0 Å². The maximum Gasteiger partial charge on any atom is 0.267 e. The number of hydrogen-bond donors (Lipinski definition) is 1. The lowest BCUT2D eigenvalue weighted by Gasteiger charge is -2.09. The molecule has 8 heteroatoms. The molecule has 0 saturated heterocycles. The highest BCUT2D eigenvalue weighted by molar-refractivity contribution is 7.98. The third-order valence-electron chi connectivity index (χ3n) is 3.56. The van der Waals surface area contributed by atoms with E-state index in [-0.39, 0.29) is 27.1 Å². The molecule has 1 N–H and O–H groups in total. The number of hydrogen-bond acceptors (Lipinski definition) is 3. The number of nitrogens with one attached hydrogen (secondary N) is 1. The van der Waals surface area contributed by atoms with Gasteiger partial charge in [-0.2, -0.15) is 5.26 Å². The van der Waals surface area contributed by atoms with E-state index < -0.39 is 34.4 Å². The Labute approximate surface area is 142 Å². The van der Waals surface area contributed by atoms with Gasteiger partial charge in [0.1, 0.15) is 23.3 Å². The molecule has 3 aromatic rings. The Morgan fingerprint density at radius 2 is 1.76 bits per heavy atom. The van der Waals surface area contributed by atoms with Crippen LogP contribution in [0.2, 0.25) is 0 Å². The van der Waals surface area contributed by atoms with Crippen LogP contribution in [0.25, 0.3) is 10.8 Å². The lowest BCUT2D eigenvalue weighted by Crippen LogP contribution is -2.12. The number of aromatic amines is 1. The molecule has 1 heterocycles. The van der Waals surface area contributed by atoms with Gasteiger partial charge in [0.25, 0.3) is 5.56 Å². The zero-order valence-corrected chi connectivity index (χ0v) is 13.2. The van der Waals surface area contributed by atoms with Crippen LogP contribution in [0.4, 0.5) is 17.6 Å². The van der Waals surface area contributed by atoms with E-state index in [4.69, 9.17) is 5.26 Å². The van der Waals surface area contributed by atoms with Crippen LogP contribution in [0.1, 0.15) is 11.1 Å². The van der Waals surface area contributed by atoms with Gasteiger partial charge in [-0.05, 0) is 30.3 Å². The number of nitrogens with zero attached hydrogens (tertiary/aromatic N) is 1. The average molecular weight is 364 g/mol. The standard InChI is InChI=1S/C17H8F4N2OS/c18-8-1-2-9-10(5-8)17(23-16(24)11(9)6-22)25-7-12-13(19)3-4-14(20)15(12)21/h1-5H,7H2,(H,23,24). The molecule has 2 aromatic carbocycles. The van der Waals surface area contributed by atoms with Crippen molar-refractivity contribution in [2.75, 3.05) is 0 Å². The van der Waals surface area contributed by atoms with Gasteiger partial charge in [-0.3, -0.25) is 4.79 Å². The van der Waals surface area contributed by atoms with E-state index in [0.717, 1.165) is 30.0 Å². The monoisotopic (exact) mass is 364 g/mol. The van der Waals surface area contributed by atoms with E-state index in [1.165, 1.54) is 6.07 Å². The van der Waals surface area contributed by atoms with Crippen molar-refractivity contribution in [3.63, 3.8) is 0 Å². The third kappa shape index (κ3) is 3.10. The molecule has 0 aliphatic heterocycles. The van der Waals surface area contributed by atoms with Crippen molar-refractivity contribution in [1.29, 1.82) is 5.26 Å². The summed E-state index contributed by atoms with van der Waals surface area (Å²) in [5.41, 5.74) is -1.40. The third-order valence-corrected chi connectivity index (χ3v) is 4.60. The Morgan fingerprint density at radius 1 is 1.04 bits per heavy atom. The van der Waals surface area contributed by atoms with Crippen LogP contribution in [0.15, 0.2) is 40.2 Å². The Bertz CT molecular complexity index is 1090. The first-order chi connectivity index (χ1) is 11.9. The molecular formula is C17H8F4N2OS. The summed E-state index contributed by atoms with van der Waals surface area (Å²) in [4.78, 5) is 14.4. The lowest BCUT2D eigenvalue weighted by molar-refractivity contribution is 0.485. The zero-order valence-electron chi connectivity index (χ0n) is 12.4. The van der Waals surface area contributed by atoms with Crippen LogP contribution in [-0.2, 0) is 5.75 Å². The van der Waals surface area contributed by atoms with Gasteiger partial charge in [0.15, 0.2) is 11.6 Å². The molecule has 0 amide bonds. The molecule has 0 radical (unpaired) electrons. The number of nitriles is 1. The van der Waals surface area contributed by atoms with E-state index in [0.29, 0.717) is 6.07 Å². The van der Waals surface area contributed by atoms with Gasteiger partial charge in [-0.15, -0.1) is 11.8 Å². The quantitative estimate of drug-likeness (QED) is 0.429. The highest BCUT2D eigenvalue weighted by atomic mass is 32.2. The highest BCUT2D eigenvalue weighted by Crippen LogP contribution is 2.31. The van der Waals surface area contributed by atoms with Gasteiger partial charge in [0.2, 0.25) is 0 Å². The maximum atomic E-state index is 13.7. The van der Waals surface area contributed by atoms with Crippen molar-refractivity contribution in [2.24, 2.45) is 0 Å². The smallest absolute Gasteiger partial charge is 0.267 e. The molecule has 3 rings (SSSR count). The maximum absolute atomic E-state index is 13.7. The van der Waals surface area contributed by atoms with Crippen molar-refractivity contribution in [3.05, 3.63) is 75.1 Å². The number of benzene rings is 2. The SMILES string of the molecule is N#Cc1c(=O)[nH]c(SCc2c(F)ccc(F)c2F)c2cc(F)ccc12. The molecule has 3 nitrogen and oxygen atoms in total. The second kappa shape index (κ2) is 6.61. The summed E-state index contributed by atoms with van der Waals surface area (Å²) < 4.78 is 54.3. The largest absolute Gasteiger partial charge is 0.315 e. The molecule has 0 spiro atoms. The van der Waals surface area contributed by atoms with Crippen molar-refractivity contribution >= 4 is 22.5 Å². The molecule has 1 aromatic heterocycles. The first-order valence-electron chi connectivity index (χ1n) is 6.93. The first-order valence-corrected chi connectivity index (χ1v) is 7.91. The molecule has 0 saturated carbocycles. The summed E-state index contributed by atoms with van der Waals surface area (Å²) in [7, 11) is 0. The summed E-state index contributed by atoms with van der Waals surface area (Å²) in [6, 6.07) is 6.70. The number of rotatable bonds is 3. The fraction of sp³-hybridized carbons (Fsp3) is 0.0588. The fourth-order valence-corrected chi connectivity index (χ4v) is 3.39. The normalized spacial score (nSPS) is 10.8. The minimum Gasteiger partial charge on any atom is -0.315 e. The number of pyridine rings is 1. The van der Waals surface area contributed by atoms with Crippen molar-refractivity contribution in [3.8, 4) is 6.07 Å². The van der Waals surface area contributed by atoms with Crippen LogP contribution in [0.5, 0.6) is 0 Å². The molecule has 126 valence electrons. The summed E-state index contributed by atoms with van der Waals surface area (Å²) in [6.07, 6.45) is 0. The Kier molecular flexibility index (Phi) is 4.51. The predicted molar refractivity (Wildman–Crippen MR) is 85.1 cm³/mol. The predicted octanol–water partition coefficient (Wildman–Crippen LogP) is 4.25. The van der Waals surface area contributed by atoms with E-state index in [2.05, 4.69) is 4.98 Å². The Hall–Kier alpha value is -2.79. The molecule has 25 heavy (non-hydrogen) atoms. The molecule has 0 bridgehead atoms. The summed E-state index contributed by atoms with van der Waals surface area (Å²) in [6.45, 7) is 0. The minimum absolute atomic E-state index is 0.126. The van der Waals surface area contributed by atoms with E-state index in [1.807, 2.05) is 0 Å². The number of halogens is 4. The van der Waals surface area contributed by atoms with Gasteiger partial charge in [-0.25, -0.2) is 17.6 Å². The van der Waals surface area contributed by atoms with Crippen molar-refractivity contribution in [1.82, 2.24) is 4.98 Å². The van der Waals surface area contributed by atoms with E-state index in [9.17, 15) is 22.4 Å². The van der Waals surface area contributed by atoms with Gasteiger partial charge in [-0.1, -0.05) is 0 Å². The Balaban J connectivity index is 2.09. The van der Waals surface area contributed by atoms with Crippen LogP contribution < -0.4 is 5.56 Å². The Morgan fingerprint density at radius 3 is 2.48 bits per heavy atom. The van der Waals surface area contributed by atoms with E-state index in [1.54, 1.807) is 6.07 Å². The fourth-order valence-electron chi connectivity index (χ4n) is 2.35. The number of thioether (sulfide) groups is 1. The number of aromatic nitrogens is 1. The molecule has 0 aliphatic rings. The summed E-state index contributed by atoms with van der Waals surface area (Å²) >= 11 is 0.804. The second-order valence-electron chi connectivity index (χ2n) is 5.07. The number of fused-ring (bicyclic) bond motifs is 1. The van der Waals surface area contributed by atoms with Gasteiger partial charge in [0, 0.05) is 22.1 Å². The molecule has 0 fully saturated rings. The second-order valence-corrected chi connectivity index (χ2v) is 6.06. The van der Waals surface area contributed by atoms with Gasteiger partial charge in [0.05, 0.1) is 5.03 Å². The van der Waals surface area contributed by atoms with Crippen molar-refractivity contribution < 1.29 is 17.6 Å². The highest BCUT2D eigenvalue weighted by Gasteiger charge is 2.17. The molecular weight excluding hydrogens is 356 g/mol.